The van der Waals surface area contributed by atoms with E-state index in [2.05, 4.69) is 14.9 Å². The number of piperidine rings is 2. The molecule has 2 aliphatic rings. The maximum Gasteiger partial charge on any atom is 0.417 e. The van der Waals surface area contributed by atoms with Gasteiger partial charge in [-0.15, -0.1) is 11.8 Å². The van der Waals surface area contributed by atoms with Crippen molar-refractivity contribution in [2.45, 2.75) is 54.3 Å². The molecule has 34 heavy (non-hydrogen) atoms. The second-order valence-corrected chi connectivity index (χ2v) is 10.1. The van der Waals surface area contributed by atoms with Gasteiger partial charge in [-0.3, -0.25) is 9.69 Å². The van der Waals surface area contributed by atoms with Crippen molar-refractivity contribution in [2.75, 3.05) is 31.9 Å². The first kappa shape index (κ1) is 24.7. The van der Waals surface area contributed by atoms with E-state index in [0.29, 0.717) is 56.4 Å². The second kappa shape index (κ2) is 10.1. The molecule has 6 nitrogen and oxygen atoms in total. The third-order valence-corrected chi connectivity index (χ3v) is 7.65. The van der Waals surface area contributed by atoms with Crippen LogP contribution in [0.2, 0.25) is 0 Å². The lowest BCUT2D eigenvalue weighted by Crippen LogP contribution is -2.54. The van der Waals surface area contributed by atoms with Crippen molar-refractivity contribution in [3.8, 4) is 0 Å². The molecule has 0 spiro atoms. The van der Waals surface area contributed by atoms with E-state index in [9.17, 15) is 18.0 Å². The highest BCUT2D eigenvalue weighted by Gasteiger charge is 2.44. The van der Waals surface area contributed by atoms with Crippen molar-refractivity contribution < 1.29 is 22.4 Å². The maximum absolute atomic E-state index is 15.6. The zero-order valence-electron chi connectivity index (χ0n) is 18.6. The Hall–Kier alpha value is -2.40. The Morgan fingerprint density at radius 3 is 2.41 bits per heavy atom. The van der Waals surface area contributed by atoms with E-state index in [0.717, 1.165) is 17.8 Å². The Balaban J connectivity index is 1.24. The fourth-order valence-corrected chi connectivity index (χ4v) is 5.43. The molecular formula is C23H27F4N5OS. The van der Waals surface area contributed by atoms with Crippen molar-refractivity contribution in [3.63, 3.8) is 0 Å². The summed E-state index contributed by atoms with van der Waals surface area (Å²) in [6, 6.07) is 6.07. The quantitative estimate of drug-likeness (QED) is 0.626. The number of nitrogens with zero attached hydrogens (tertiary/aromatic N) is 4. The number of alkyl halides is 4. The summed E-state index contributed by atoms with van der Waals surface area (Å²) in [6.45, 7) is 2.47. The average molecular weight is 498 g/mol. The molecular weight excluding hydrogens is 470 g/mol. The summed E-state index contributed by atoms with van der Waals surface area (Å²) in [5.74, 6) is -0.00314. The first-order valence-electron chi connectivity index (χ1n) is 11.2. The largest absolute Gasteiger partial charge is 0.417 e. The molecule has 2 aliphatic heterocycles. The smallest absolute Gasteiger partial charge is 0.384 e. The molecule has 0 unspecified atom stereocenters. The van der Waals surface area contributed by atoms with Crippen LogP contribution in [0.1, 0.15) is 36.8 Å². The molecule has 2 aromatic rings. The molecule has 1 amide bonds. The third kappa shape index (κ3) is 5.99. The molecule has 2 N–H and O–H groups in total. The van der Waals surface area contributed by atoms with Gasteiger partial charge in [-0.2, -0.15) is 13.2 Å². The fourth-order valence-electron chi connectivity index (χ4n) is 4.38. The molecule has 0 aromatic carbocycles. The minimum atomic E-state index is -4.41. The van der Waals surface area contributed by atoms with Crippen LogP contribution in [0.25, 0.3) is 0 Å². The Morgan fingerprint density at radius 1 is 1.12 bits per heavy atom. The molecule has 0 bridgehead atoms. The van der Waals surface area contributed by atoms with Crippen LogP contribution in [0.3, 0.4) is 0 Å². The summed E-state index contributed by atoms with van der Waals surface area (Å²) in [6.07, 6.45) is -0.340. The summed E-state index contributed by atoms with van der Waals surface area (Å²) in [4.78, 5) is 24.5. The predicted octanol–water partition coefficient (Wildman–Crippen LogP) is 4.17. The van der Waals surface area contributed by atoms with Gasteiger partial charge in [0.1, 0.15) is 5.82 Å². The summed E-state index contributed by atoms with van der Waals surface area (Å²) in [5, 5.41) is 0.640. The fraction of sp³-hybridized carbons (Fsp3) is 0.522. The number of hydrogen-bond donors (Lipinski definition) is 1. The molecule has 2 saturated heterocycles. The van der Waals surface area contributed by atoms with Gasteiger partial charge in [-0.1, -0.05) is 0 Å². The average Bonchev–Trinajstić information content (AvgIpc) is 2.81. The zero-order valence-corrected chi connectivity index (χ0v) is 19.4. The normalized spacial score (nSPS) is 19.8. The number of hydrogen-bond acceptors (Lipinski definition) is 6. The van der Waals surface area contributed by atoms with Gasteiger partial charge in [-0.05, 0) is 42.7 Å². The van der Waals surface area contributed by atoms with Crippen LogP contribution in [-0.4, -0.2) is 62.8 Å². The van der Waals surface area contributed by atoms with E-state index in [4.69, 9.17) is 5.73 Å². The number of amides is 1. The summed E-state index contributed by atoms with van der Waals surface area (Å²) in [7, 11) is 0. The molecule has 0 radical (unpaired) electrons. The van der Waals surface area contributed by atoms with Crippen LogP contribution in [-0.2, 0) is 17.5 Å². The Labute approximate surface area is 199 Å². The molecule has 0 saturated carbocycles. The third-order valence-electron chi connectivity index (χ3n) is 6.36. The van der Waals surface area contributed by atoms with Gasteiger partial charge in [0.25, 0.3) is 5.91 Å². The zero-order chi connectivity index (χ0) is 24.3. The first-order chi connectivity index (χ1) is 16.1. The summed E-state index contributed by atoms with van der Waals surface area (Å²) >= 11 is 1.40. The number of pyridine rings is 2. The molecule has 0 atom stereocenters. The maximum atomic E-state index is 15.6. The van der Waals surface area contributed by atoms with Gasteiger partial charge < -0.3 is 10.6 Å². The lowest BCUT2D eigenvalue weighted by atomic mass is 9.90. The number of likely N-dealkylation sites (tertiary alicyclic amines) is 2. The molecule has 11 heteroatoms. The van der Waals surface area contributed by atoms with Gasteiger partial charge >= 0.3 is 6.18 Å². The van der Waals surface area contributed by atoms with E-state index in [1.807, 2.05) is 6.07 Å². The number of thioether (sulfide) groups is 1. The van der Waals surface area contributed by atoms with E-state index in [-0.39, 0.29) is 18.1 Å². The number of nitrogen functional groups attached to an aromatic ring is 1. The van der Waals surface area contributed by atoms with Crippen molar-refractivity contribution in [1.82, 2.24) is 19.8 Å². The summed E-state index contributed by atoms with van der Waals surface area (Å²) in [5.41, 5.74) is 4.09. The number of anilines is 1. The molecule has 4 heterocycles. The molecule has 4 rings (SSSR count). The highest BCUT2D eigenvalue weighted by Crippen LogP contribution is 2.35. The standard InChI is InChI=1S/C23H27F4N5OS/c24-22(6-11-31(12-7-22)15-16-3-8-29-19(28)13-16)21(33)32-9-4-18(5-10-32)34-20-2-1-17(14-30-20)23(25,26)27/h1-3,8,13-14,18H,4-7,9-12,15H2,(H2,28,29). The van der Waals surface area contributed by atoms with Gasteiger partial charge in [-0.25, -0.2) is 14.4 Å². The van der Waals surface area contributed by atoms with Crippen molar-refractivity contribution >= 4 is 23.5 Å². The van der Waals surface area contributed by atoms with Gasteiger partial charge in [0.15, 0.2) is 5.67 Å². The highest BCUT2D eigenvalue weighted by molar-refractivity contribution is 7.99. The van der Waals surface area contributed by atoms with Crippen molar-refractivity contribution in [1.29, 1.82) is 0 Å². The Kier molecular flexibility index (Phi) is 7.32. The van der Waals surface area contributed by atoms with Gasteiger partial charge in [0.05, 0.1) is 10.6 Å². The van der Waals surface area contributed by atoms with E-state index >= 15 is 4.39 Å². The topological polar surface area (TPSA) is 75.3 Å². The van der Waals surface area contributed by atoms with Crippen LogP contribution >= 0.6 is 11.8 Å². The number of halogens is 4. The number of rotatable bonds is 5. The van der Waals surface area contributed by atoms with Crippen LogP contribution in [0.5, 0.6) is 0 Å². The lowest BCUT2D eigenvalue weighted by Gasteiger charge is -2.40. The van der Waals surface area contributed by atoms with Crippen LogP contribution < -0.4 is 5.73 Å². The molecule has 0 aliphatic carbocycles. The molecule has 184 valence electrons. The Morgan fingerprint density at radius 2 is 1.82 bits per heavy atom. The van der Waals surface area contributed by atoms with Gasteiger partial charge in [0.2, 0.25) is 0 Å². The van der Waals surface area contributed by atoms with Crippen LogP contribution in [0, 0.1) is 0 Å². The highest BCUT2D eigenvalue weighted by atomic mass is 32.2. The number of carbonyl (C=O) groups is 1. The SMILES string of the molecule is Nc1cc(CN2CCC(F)(C(=O)N3CCC(Sc4ccc(C(F)(F)F)cn4)CC3)CC2)ccn1. The van der Waals surface area contributed by atoms with E-state index in [1.54, 1.807) is 17.2 Å². The van der Waals surface area contributed by atoms with Crippen LogP contribution in [0.4, 0.5) is 23.4 Å². The van der Waals surface area contributed by atoms with Crippen molar-refractivity contribution in [3.05, 3.63) is 47.8 Å². The number of carbonyl (C=O) groups excluding carboxylic acids is 1. The lowest BCUT2D eigenvalue weighted by molar-refractivity contribution is -0.148. The van der Waals surface area contributed by atoms with E-state index in [1.165, 1.54) is 17.8 Å². The number of nitrogens with two attached hydrogens (primary N) is 1. The molecule has 2 fully saturated rings. The second-order valence-electron chi connectivity index (χ2n) is 8.82. The first-order valence-corrected chi connectivity index (χ1v) is 12.1. The minimum absolute atomic E-state index is 0.124. The van der Waals surface area contributed by atoms with Crippen molar-refractivity contribution in [2.24, 2.45) is 0 Å². The predicted molar refractivity (Wildman–Crippen MR) is 122 cm³/mol. The van der Waals surface area contributed by atoms with E-state index < -0.39 is 23.3 Å². The van der Waals surface area contributed by atoms with Crippen LogP contribution in [0.15, 0.2) is 41.7 Å². The van der Waals surface area contributed by atoms with Gasteiger partial charge in [0, 0.05) is 63.2 Å². The number of aromatic nitrogens is 2. The minimum Gasteiger partial charge on any atom is -0.384 e. The monoisotopic (exact) mass is 497 g/mol. The summed E-state index contributed by atoms with van der Waals surface area (Å²) < 4.78 is 53.6. The molecule has 2 aromatic heterocycles. The Bertz CT molecular complexity index is 988.